The molecule has 0 radical (unpaired) electrons. The molecule has 0 aliphatic carbocycles. The summed E-state index contributed by atoms with van der Waals surface area (Å²) in [6, 6.07) is 0. The van der Waals surface area contributed by atoms with E-state index in [1.54, 1.807) is 7.11 Å². The van der Waals surface area contributed by atoms with Crippen LogP contribution in [0.4, 0.5) is 0 Å². The molecule has 0 spiro atoms. The van der Waals surface area contributed by atoms with Gasteiger partial charge in [0.05, 0.1) is 52.4 Å². The Bertz CT molecular complexity index is 510. The molecular formula is C20H37N3O5. The molecule has 0 aliphatic rings. The number of carbonyl (C=O) groups excluding carboxylic acids is 1. The van der Waals surface area contributed by atoms with Crippen molar-refractivity contribution in [3.63, 3.8) is 0 Å². The van der Waals surface area contributed by atoms with Crippen molar-refractivity contribution in [1.29, 1.82) is 0 Å². The second-order valence-electron chi connectivity index (χ2n) is 6.86. The lowest BCUT2D eigenvalue weighted by Crippen LogP contribution is -2.11. The zero-order valence-electron chi connectivity index (χ0n) is 17.7. The van der Waals surface area contributed by atoms with Gasteiger partial charge in [-0.05, 0) is 19.3 Å². The van der Waals surface area contributed by atoms with Crippen LogP contribution in [0.15, 0.2) is 6.20 Å². The second kappa shape index (κ2) is 16.6. The van der Waals surface area contributed by atoms with Gasteiger partial charge in [0.2, 0.25) is 0 Å². The maximum Gasteiger partial charge on any atom is 0.135 e. The number of rotatable bonds is 19. The average Bonchev–Trinajstić information content (AvgIpc) is 3.14. The van der Waals surface area contributed by atoms with E-state index in [1.807, 2.05) is 17.8 Å². The standard InChI is InChI=1S/C20H37N3O5/c1-4-7-18(2)20(24)8-5-6-9-23-16-19(21-22-23)17-28-15-14-27-13-12-26-11-10-25-3/h16,18H,4-15,17H2,1-3H3. The van der Waals surface area contributed by atoms with E-state index in [0.717, 1.165) is 37.9 Å². The largest absolute Gasteiger partial charge is 0.382 e. The van der Waals surface area contributed by atoms with Gasteiger partial charge in [-0.3, -0.25) is 9.48 Å². The molecule has 0 saturated carbocycles. The maximum absolute atomic E-state index is 11.9. The molecule has 0 aromatic carbocycles. The van der Waals surface area contributed by atoms with Gasteiger partial charge in [-0.1, -0.05) is 25.5 Å². The summed E-state index contributed by atoms with van der Waals surface area (Å²) in [6.45, 7) is 8.63. The van der Waals surface area contributed by atoms with Crippen molar-refractivity contribution in [3.05, 3.63) is 11.9 Å². The number of ether oxygens (including phenoxy) is 4. The van der Waals surface area contributed by atoms with Crippen LogP contribution >= 0.6 is 0 Å². The van der Waals surface area contributed by atoms with Gasteiger partial charge in [0, 0.05) is 26.0 Å². The molecule has 1 atom stereocenters. The molecule has 0 fully saturated rings. The zero-order valence-corrected chi connectivity index (χ0v) is 17.7. The highest BCUT2D eigenvalue weighted by Crippen LogP contribution is 2.11. The first-order chi connectivity index (χ1) is 13.7. The van der Waals surface area contributed by atoms with E-state index in [1.165, 1.54) is 0 Å². The van der Waals surface area contributed by atoms with Crippen LogP contribution in [0.2, 0.25) is 0 Å². The first kappa shape index (κ1) is 24.7. The van der Waals surface area contributed by atoms with Crippen LogP contribution in [-0.4, -0.2) is 67.5 Å². The van der Waals surface area contributed by atoms with Crippen molar-refractivity contribution in [2.24, 2.45) is 5.92 Å². The minimum atomic E-state index is 0.187. The Balaban J connectivity index is 2.00. The fourth-order valence-corrected chi connectivity index (χ4v) is 2.69. The van der Waals surface area contributed by atoms with Gasteiger partial charge < -0.3 is 18.9 Å². The predicted molar refractivity (Wildman–Crippen MR) is 106 cm³/mol. The van der Waals surface area contributed by atoms with E-state index in [4.69, 9.17) is 18.9 Å². The number of hydrogen-bond acceptors (Lipinski definition) is 7. The highest BCUT2D eigenvalue weighted by atomic mass is 16.6. The number of unbranched alkanes of at least 4 members (excludes halogenated alkanes) is 1. The molecular weight excluding hydrogens is 362 g/mol. The van der Waals surface area contributed by atoms with Gasteiger partial charge in [-0.15, -0.1) is 5.10 Å². The van der Waals surface area contributed by atoms with Gasteiger partial charge in [-0.2, -0.15) is 0 Å². The van der Waals surface area contributed by atoms with E-state index < -0.39 is 0 Å². The number of carbonyl (C=O) groups is 1. The van der Waals surface area contributed by atoms with Crippen molar-refractivity contribution >= 4 is 5.78 Å². The number of ketones is 1. The second-order valence-corrected chi connectivity index (χ2v) is 6.86. The maximum atomic E-state index is 11.9. The Kier molecular flexibility index (Phi) is 14.6. The van der Waals surface area contributed by atoms with Crippen LogP contribution in [0.1, 0.15) is 51.6 Å². The summed E-state index contributed by atoms with van der Waals surface area (Å²) in [7, 11) is 1.65. The molecule has 0 bridgehead atoms. The molecule has 162 valence electrons. The Hall–Kier alpha value is -1.35. The van der Waals surface area contributed by atoms with Crippen molar-refractivity contribution in [2.45, 2.75) is 59.1 Å². The van der Waals surface area contributed by atoms with Gasteiger partial charge in [-0.25, -0.2) is 0 Å². The average molecular weight is 400 g/mol. The van der Waals surface area contributed by atoms with E-state index in [0.29, 0.717) is 58.5 Å². The number of nitrogens with zero attached hydrogens (tertiary/aromatic N) is 3. The summed E-state index contributed by atoms with van der Waals surface area (Å²) in [6.07, 6.45) is 6.42. The van der Waals surface area contributed by atoms with E-state index in [-0.39, 0.29) is 5.92 Å². The van der Waals surface area contributed by atoms with Crippen LogP contribution in [0.5, 0.6) is 0 Å². The summed E-state index contributed by atoms with van der Waals surface area (Å²) >= 11 is 0. The van der Waals surface area contributed by atoms with E-state index >= 15 is 0 Å². The molecule has 1 heterocycles. The van der Waals surface area contributed by atoms with Crippen molar-refractivity contribution in [3.8, 4) is 0 Å². The molecule has 1 unspecified atom stereocenters. The van der Waals surface area contributed by atoms with Crippen LogP contribution < -0.4 is 0 Å². The van der Waals surface area contributed by atoms with Gasteiger partial charge >= 0.3 is 0 Å². The van der Waals surface area contributed by atoms with Crippen LogP contribution in [0.25, 0.3) is 0 Å². The van der Waals surface area contributed by atoms with Gasteiger partial charge in [0.25, 0.3) is 0 Å². The van der Waals surface area contributed by atoms with Gasteiger partial charge in [0.1, 0.15) is 11.5 Å². The van der Waals surface area contributed by atoms with E-state index in [9.17, 15) is 4.79 Å². The molecule has 1 rings (SSSR count). The fraction of sp³-hybridized carbons (Fsp3) is 0.850. The summed E-state index contributed by atoms with van der Waals surface area (Å²) in [5, 5.41) is 8.21. The highest BCUT2D eigenvalue weighted by Gasteiger charge is 2.11. The molecule has 28 heavy (non-hydrogen) atoms. The Morgan fingerprint density at radius 2 is 1.75 bits per heavy atom. The van der Waals surface area contributed by atoms with E-state index in [2.05, 4.69) is 17.2 Å². The number of methoxy groups -OCH3 is 1. The normalized spacial score (nSPS) is 12.4. The number of aryl methyl sites for hydroxylation is 1. The third-order valence-corrected chi connectivity index (χ3v) is 4.34. The van der Waals surface area contributed by atoms with Crippen molar-refractivity contribution in [2.75, 3.05) is 46.8 Å². The SMILES string of the molecule is CCCC(C)C(=O)CCCCn1cc(COCCOCCOCCOC)nn1. The molecule has 8 nitrogen and oxygen atoms in total. The minimum absolute atomic E-state index is 0.187. The van der Waals surface area contributed by atoms with Crippen molar-refractivity contribution in [1.82, 2.24) is 15.0 Å². The summed E-state index contributed by atoms with van der Waals surface area (Å²) in [4.78, 5) is 11.9. The molecule has 8 heteroatoms. The first-order valence-electron chi connectivity index (χ1n) is 10.3. The molecule has 0 aliphatic heterocycles. The predicted octanol–water partition coefficient (Wildman–Crippen LogP) is 2.65. The monoisotopic (exact) mass is 399 g/mol. The molecule has 0 N–H and O–H groups in total. The highest BCUT2D eigenvalue weighted by molar-refractivity contribution is 5.80. The Labute approximate surface area is 168 Å². The first-order valence-corrected chi connectivity index (χ1v) is 10.3. The molecule has 0 amide bonds. The number of Topliss-reactive ketones (excluding diaryl/α,β-unsaturated/α-hetero) is 1. The summed E-state index contributed by atoms with van der Waals surface area (Å²) in [5.41, 5.74) is 0.801. The van der Waals surface area contributed by atoms with Crippen molar-refractivity contribution < 1.29 is 23.7 Å². The van der Waals surface area contributed by atoms with Gasteiger partial charge in [0.15, 0.2) is 0 Å². The Morgan fingerprint density at radius 1 is 1.07 bits per heavy atom. The topological polar surface area (TPSA) is 84.7 Å². The lowest BCUT2D eigenvalue weighted by Gasteiger charge is -2.08. The van der Waals surface area contributed by atoms with Crippen LogP contribution in [0.3, 0.4) is 0 Å². The minimum Gasteiger partial charge on any atom is -0.382 e. The number of hydrogen-bond donors (Lipinski definition) is 0. The van der Waals surface area contributed by atoms with Crippen LogP contribution in [-0.2, 0) is 36.9 Å². The zero-order chi connectivity index (χ0) is 20.5. The fourth-order valence-electron chi connectivity index (χ4n) is 2.69. The van der Waals surface area contributed by atoms with Crippen LogP contribution in [0, 0.1) is 5.92 Å². The third-order valence-electron chi connectivity index (χ3n) is 4.34. The lowest BCUT2D eigenvalue weighted by molar-refractivity contribution is -0.122. The lowest BCUT2D eigenvalue weighted by atomic mass is 9.97. The Morgan fingerprint density at radius 3 is 2.43 bits per heavy atom. The summed E-state index contributed by atoms with van der Waals surface area (Å²) in [5.74, 6) is 0.561. The molecule has 0 saturated heterocycles. The smallest absolute Gasteiger partial charge is 0.135 e. The third kappa shape index (κ3) is 12.2. The summed E-state index contributed by atoms with van der Waals surface area (Å²) < 4.78 is 22.9. The molecule has 1 aromatic rings. The number of aromatic nitrogens is 3. The quantitative estimate of drug-likeness (QED) is 0.331. The molecule has 1 aromatic heterocycles.